The molecular formula is C11H16N2O3. The highest BCUT2D eigenvalue weighted by molar-refractivity contribution is 5.32. The first-order valence-corrected chi connectivity index (χ1v) is 5.21. The van der Waals surface area contributed by atoms with E-state index >= 15 is 0 Å². The lowest BCUT2D eigenvalue weighted by molar-refractivity contribution is -0.141. The largest absolute Gasteiger partial charge is 0.489 e. The Balaban J connectivity index is 1.82. The minimum absolute atomic E-state index is 0.0347. The minimum atomic E-state index is -0.507. The fourth-order valence-electron chi connectivity index (χ4n) is 1.51. The maximum absolute atomic E-state index is 5.60. The van der Waals surface area contributed by atoms with Crippen LogP contribution in [0.25, 0.3) is 0 Å². The van der Waals surface area contributed by atoms with Crippen LogP contribution in [-0.4, -0.2) is 30.1 Å². The number of aromatic nitrogens is 1. The second-order valence-electron chi connectivity index (χ2n) is 4.18. The van der Waals surface area contributed by atoms with Gasteiger partial charge in [0.1, 0.15) is 24.3 Å². The summed E-state index contributed by atoms with van der Waals surface area (Å²) in [4.78, 5) is 3.93. The van der Waals surface area contributed by atoms with E-state index in [-0.39, 0.29) is 6.10 Å². The molecule has 1 aromatic heterocycles. The lowest BCUT2D eigenvalue weighted by atomic mass is 10.4. The van der Waals surface area contributed by atoms with Gasteiger partial charge in [-0.1, -0.05) is 0 Å². The Morgan fingerprint density at radius 3 is 2.94 bits per heavy atom. The van der Waals surface area contributed by atoms with E-state index in [1.165, 1.54) is 0 Å². The third-order valence-electron chi connectivity index (χ3n) is 2.26. The second kappa shape index (κ2) is 4.27. The summed E-state index contributed by atoms with van der Waals surface area (Å²) in [5.74, 6) is 0.657. The molecule has 1 saturated heterocycles. The zero-order valence-electron chi connectivity index (χ0n) is 9.47. The van der Waals surface area contributed by atoms with Crippen LogP contribution >= 0.6 is 0 Å². The average molecular weight is 224 g/mol. The number of hydrogen-bond acceptors (Lipinski definition) is 5. The van der Waals surface area contributed by atoms with E-state index in [9.17, 15) is 0 Å². The van der Waals surface area contributed by atoms with Crippen LogP contribution < -0.4 is 10.5 Å². The smallest absolute Gasteiger partial charge is 0.163 e. The molecule has 5 heteroatoms. The van der Waals surface area contributed by atoms with E-state index in [2.05, 4.69) is 4.98 Å². The van der Waals surface area contributed by atoms with Gasteiger partial charge in [0.25, 0.3) is 0 Å². The summed E-state index contributed by atoms with van der Waals surface area (Å²) in [6.45, 7) is 4.78. The van der Waals surface area contributed by atoms with Gasteiger partial charge in [0.15, 0.2) is 5.79 Å². The fourth-order valence-corrected chi connectivity index (χ4v) is 1.51. The van der Waals surface area contributed by atoms with Crippen LogP contribution in [0, 0.1) is 0 Å². The van der Waals surface area contributed by atoms with Gasteiger partial charge >= 0.3 is 0 Å². The molecule has 0 amide bonds. The van der Waals surface area contributed by atoms with Crippen molar-refractivity contribution in [3.05, 3.63) is 18.3 Å². The minimum Gasteiger partial charge on any atom is -0.489 e. The summed E-state index contributed by atoms with van der Waals surface area (Å²) < 4.78 is 16.5. The number of ether oxygens (including phenoxy) is 3. The van der Waals surface area contributed by atoms with Gasteiger partial charge < -0.3 is 19.9 Å². The van der Waals surface area contributed by atoms with Crippen LogP contribution in [-0.2, 0) is 9.47 Å². The predicted octanol–water partition coefficient (Wildman–Crippen LogP) is 1.19. The summed E-state index contributed by atoms with van der Waals surface area (Å²) in [6, 6.07) is 3.48. The van der Waals surface area contributed by atoms with Crippen molar-refractivity contribution in [2.24, 2.45) is 0 Å². The number of hydrogen-bond donors (Lipinski definition) is 1. The monoisotopic (exact) mass is 224 g/mol. The Morgan fingerprint density at radius 2 is 2.38 bits per heavy atom. The molecule has 2 heterocycles. The van der Waals surface area contributed by atoms with Crippen molar-refractivity contribution >= 4 is 5.82 Å². The van der Waals surface area contributed by atoms with Crippen molar-refractivity contribution < 1.29 is 14.2 Å². The zero-order valence-corrected chi connectivity index (χ0v) is 9.47. The molecule has 0 bridgehead atoms. The molecule has 0 aliphatic carbocycles. The predicted molar refractivity (Wildman–Crippen MR) is 59.0 cm³/mol. The highest BCUT2D eigenvalue weighted by Gasteiger charge is 2.32. The van der Waals surface area contributed by atoms with Gasteiger partial charge in [-0.3, -0.25) is 0 Å². The van der Waals surface area contributed by atoms with Crippen LogP contribution in [0.15, 0.2) is 18.3 Å². The summed E-state index contributed by atoms with van der Waals surface area (Å²) in [5, 5.41) is 0. The van der Waals surface area contributed by atoms with Crippen molar-refractivity contribution in [3.8, 4) is 5.75 Å². The number of anilines is 1. The number of nitrogens with zero attached hydrogens (tertiary/aromatic N) is 1. The molecule has 0 unspecified atom stereocenters. The van der Waals surface area contributed by atoms with Crippen molar-refractivity contribution in [1.29, 1.82) is 0 Å². The quantitative estimate of drug-likeness (QED) is 0.835. The van der Waals surface area contributed by atoms with Crippen molar-refractivity contribution in [2.75, 3.05) is 18.9 Å². The van der Waals surface area contributed by atoms with E-state index in [4.69, 9.17) is 19.9 Å². The summed E-state index contributed by atoms with van der Waals surface area (Å²) >= 11 is 0. The molecule has 1 atom stereocenters. The summed E-state index contributed by atoms with van der Waals surface area (Å²) in [6.07, 6.45) is 1.56. The molecule has 1 aromatic rings. The summed E-state index contributed by atoms with van der Waals surface area (Å²) in [5.41, 5.74) is 5.47. The molecule has 1 fully saturated rings. The molecule has 0 aromatic carbocycles. The first-order chi connectivity index (χ1) is 7.55. The molecule has 0 radical (unpaired) electrons. The first-order valence-electron chi connectivity index (χ1n) is 5.21. The number of nitrogen functional groups attached to an aromatic ring is 1. The number of nitrogens with two attached hydrogens (primary N) is 1. The number of pyridine rings is 1. The van der Waals surface area contributed by atoms with Crippen molar-refractivity contribution in [1.82, 2.24) is 4.98 Å². The van der Waals surface area contributed by atoms with Crippen molar-refractivity contribution in [3.63, 3.8) is 0 Å². The van der Waals surface area contributed by atoms with Crippen LogP contribution in [0.2, 0.25) is 0 Å². The van der Waals surface area contributed by atoms with Gasteiger partial charge in [0.2, 0.25) is 0 Å². The standard InChI is InChI=1S/C11H16N2O3/c1-11(2)15-7-9(16-11)6-14-8-3-4-10(12)13-5-8/h3-5,9H,6-7H2,1-2H3,(H2,12,13)/t9-/m0/s1. The molecule has 5 nitrogen and oxygen atoms in total. The maximum atomic E-state index is 5.60. The van der Waals surface area contributed by atoms with Gasteiger partial charge in [0.05, 0.1) is 12.8 Å². The van der Waals surface area contributed by atoms with E-state index in [0.717, 1.165) is 0 Å². The first kappa shape index (κ1) is 11.2. The van der Waals surface area contributed by atoms with Crippen LogP contribution in [0.1, 0.15) is 13.8 Å². The lowest BCUT2D eigenvalue weighted by Gasteiger charge is -2.17. The second-order valence-corrected chi connectivity index (χ2v) is 4.18. The van der Waals surface area contributed by atoms with Crippen LogP contribution in [0.5, 0.6) is 5.75 Å². The van der Waals surface area contributed by atoms with Gasteiger partial charge in [-0.05, 0) is 26.0 Å². The fraction of sp³-hybridized carbons (Fsp3) is 0.545. The molecule has 1 aliphatic rings. The normalized spacial score (nSPS) is 23.2. The van der Waals surface area contributed by atoms with Gasteiger partial charge in [-0.2, -0.15) is 0 Å². The van der Waals surface area contributed by atoms with E-state index in [1.54, 1.807) is 18.3 Å². The molecule has 1 aliphatic heterocycles. The molecule has 16 heavy (non-hydrogen) atoms. The Labute approximate surface area is 94.5 Å². The zero-order chi connectivity index (χ0) is 11.6. The molecule has 2 N–H and O–H groups in total. The SMILES string of the molecule is CC1(C)OC[C@H](COc2ccc(N)nc2)O1. The third-order valence-corrected chi connectivity index (χ3v) is 2.26. The maximum Gasteiger partial charge on any atom is 0.163 e. The van der Waals surface area contributed by atoms with E-state index in [0.29, 0.717) is 24.8 Å². The van der Waals surface area contributed by atoms with Gasteiger partial charge in [0, 0.05) is 0 Å². The Morgan fingerprint density at radius 1 is 1.56 bits per heavy atom. The molecular weight excluding hydrogens is 208 g/mol. The highest BCUT2D eigenvalue weighted by Crippen LogP contribution is 2.22. The molecule has 2 rings (SSSR count). The summed E-state index contributed by atoms with van der Waals surface area (Å²) in [7, 11) is 0. The average Bonchev–Trinajstić information content (AvgIpc) is 2.58. The van der Waals surface area contributed by atoms with Crippen molar-refractivity contribution in [2.45, 2.75) is 25.7 Å². The Kier molecular flexibility index (Phi) is 2.98. The van der Waals surface area contributed by atoms with Gasteiger partial charge in [-0.25, -0.2) is 4.98 Å². The molecule has 88 valence electrons. The van der Waals surface area contributed by atoms with Crippen LogP contribution in [0.4, 0.5) is 5.82 Å². The van der Waals surface area contributed by atoms with Gasteiger partial charge in [-0.15, -0.1) is 0 Å². The van der Waals surface area contributed by atoms with Crippen LogP contribution in [0.3, 0.4) is 0 Å². The molecule has 0 saturated carbocycles. The topological polar surface area (TPSA) is 66.6 Å². The lowest BCUT2D eigenvalue weighted by Crippen LogP contribution is -2.25. The Bertz CT molecular complexity index is 351. The highest BCUT2D eigenvalue weighted by atomic mass is 16.7. The third kappa shape index (κ3) is 2.84. The Hall–Kier alpha value is -1.33. The number of rotatable bonds is 3. The van der Waals surface area contributed by atoms with E-state index in [1.807, 2.05) is 13.8 Å². The molecule has 0 spiro atoms. The van der Waals surface area contributed by atoms with E-state index < -0.39 is 5.79 Å².